The van der Waals surface area contributed by atoms with Crippen LogP contribution in [0.2, 0.25) is 0 Å². The number of rotatable bonds is 3. The van der Waals surface area contributed by atoms with Crippen molar-refractivity contribution in [2.24, 2.45) is 5.73 Å². The zero-order chi connectivity index (χ0) is 11.1. The Balaban J connectivity index is 2.77. The number of amides is 2. The predicted octanol–water partition coefficient (Wildman–Crippen LogP) is -1.19. The van der Waals surface area contributed by atoms with Gasteiger partial charge in [-0.3, -0.25) is 9.59 Å². The summed E-state index contributed by atoms with van der Waals surface area (Å²) in [6.07, 6.45) is -0.138. The second-order valence-corrected chi connectivity index (χ2v) is 6.02. The van der Waals surface area contributed by atoms with Gasteiger partial charge in [-0.1, -0.05) is 0 Å². The van der Waals surface area contributed by atoms with Crippen molar-refractivity contribution in [1.29, 1.82) is 0 Å². The molecule has 2 N–H and O–H groups in total. The van der Waals surface area contributed by atoms with Gasteiger partial charge in [0, 0.05) is 13.0 Å². The zero-order valence-corrected chi connectivity index (χ0v) is 8.80. The van der Waals surface area contributed by atoms with Gasteiger partial charge >= 0.3 is 0 Å². The Morgan fingerprint density at radius 2 is 2.00 bits per heavy atom. The van der Waals surface area contributed by atoms with Crippen LogP contribution in [0.1, 0.15) is 20.3 Å². The summed E-state index contributed by atoms with van der Waals surface area (Å²) in [6.45, 7) is 2.52. The summed E-state index contributed by atoms with van der Waals surface area (Å²) in [4.78, 5) is 21.7. The summed E-state index contributed by atoms with van der Waals surface area (Å²) in [5.41, 5.74) is 4.85. The van der Waals surface area contributed by atoms with Crippen molar-refractivity contribution in [2.75, 3.05) is 6.54 Å². The highest BCUT2D eigenvalue weighted by atomic mass is 32.2. The van der Waals surface area contributed by atoms with Crippen LogP contribution in [0.4, 0.5) is 0 Å². The molecule has 0 aromatic rings. The monoisotopic (exact) mass is 220 g/mol. The van der Waals surface area contributed by atoms with E-state index < -0.39 is 26.6 Å². The Kier molecular flexibility index (Phi) is 2.31. The SMILES string of the molecule is CC1(C)C(=O)N(CCC(N)=O)S1(=O)=O. The molecule has 2 amide bonds. The number of carbonyl (C=O) groups excluding carboxylic acids is 2. The summed E-state index contributed by atoms with van der Waals surface area (Å²) in [6, 6.07) is 0. The Hall–Kier alpha value is -1.11. The van der Waals surface area contributed by atoms with Gasteiger partial charge in [0.1, 0.15) is 0 Å². The predicted molar refractivity (Wildman–Crippen MR) is 48.5 cm³/mol. The smallest absolute Gasteiger partial charge is 0.258 e. The lowest BCUT2D eigenvalue weighted by molar-refractivity contribution is -0.132. The average molecular weight is 220 g/mol. The van der Waals surface area contributed by atoms with E-state index in [9.17, 15) is 18.0 Å². The second kappa shape index (κ2) is 2.94. The molecule has 14 heavy (non-hydrogen) atoms. The van der Waals surface area contributed by atoms with Crippen molar-refractivity contribution >= 4 is 21.8 Å². The van der Waals surface area contributed by atoms with Crippen molar-refractivity contribution in [1.82, 2.24) is 4.31 Å². The minimum Gasteiger partial charge on any atom is -0.370 e. The molecule has 1 fully saturated rings. The molecule has 0 bridgehead atoms. The van der Waals surface area contributed by atoms with E-state index in [0.29, 0.717) is 4.31 Å². The van der Waals surface area contributed by atoms with Crippen molar-refractivity contribution < 1.29 is 18.0 Å². The third kappa shape index (κ3) is 1.28. The Morgan fingerprint density at radius 3 is 2.36 bits per heavy atom. The fraction of sp³-hybridized carbons (Fsp3) is 0.714. The minimum atomic E-state index is -3.57. The molecule has 1 saturated heterocycles. The van der Waals surface area contributed by atoms with E-state index in [-0.39, 0.29) is 13.0 Å². The maximum Gasteiger partial charge on any atom is 0.258 e. The molecule has 7 heteroatoms. The van der Waals surface area contributed by atoms with Gasteiger partial charge in [-0.2, -0.15) is 0 Å². The van der Waals surface area contributed by atoms with Crippen molar-refractivity contribution in [2.45, 2.75) is 25.0 Å². The molecule has 0 aliphatic carbocycles. The maximum atomic E-state index is 11.4. The van der Waals surface area contributed by atoms with Crippen LogP contribution in [-0.2, 0) is 19.6 Å². The Bertz CT molecular complexity index is 384. The normalized spacial score (nSPS) is 23.0. The highest BCUT2D eigenvalue weighted by molar-refractivity contribution is 7.94. The topological polar surface area (TPSA) is 97.5 Å². The largest absolute Gasteiger partial charge is 0.370 e. The molecular formula is C7H12N2O4S. The average Bonchev–Trinajstić information content (AvgIpc) is 2.02. The standard InChI is InChI=1S/C7H12N2O4S/c1-7(2)6(11)9(14(7,12)13)4-3-5(8)10/h3-4H2,1-2H3,(H2,8,10). The first-order chi connectivity index (χ1) is 6.21. The first kappa shape index (κ1) is 11.0. The van der Waals surface area contributed by atoms with Crippen LogP contribution >= 0.6 is 0 Å². The molecule has 1 heterocycles. The van der Waals surface area contributed by atoms with Gasteiger partial charge in [0.15, 0.2) is 4.75 Å². The van der Waals surface area contributed by atoms with Crippen LogP contribution in [0.5, 0.6) is 0 Å². The van der Waals surface area contributed by atoms with Crippen molar-refractivity contribution in [3.63, 3.8) is 0 Å². The summed E-state index contributed by atoms with van der Waals surface area (Å²) in [5, 5.41) is 0. The van der Waals surface area contributed by atoms with Gasteiger partial charge in [-0.15, -0.1) is 0 Å². The lowest BCUT2D eigenvalue weighted by Gasteiger charge is -2.42. The third-order valence-corrected chi connectivity index (χ3v) is 4.63. The molecule has 1 aliphatic heterocycles. The molecule has 0 unspecified atom stereocenters. The fourth-order valence-electron chi connectivity index (χ4n) is 1.19. The van der Waals surface area contributed by atoms with Crippen LogP contribution in [0.15, 0.2) is 0 Å². The minimum absolute atomic E-state index is 0.138. The van der Waals surface area contributed by atoms with E-state index in [1.54, 1.807) is 0 Å². The first-order valence-corrected chi connectivity index (χ1v) is 5.50. The first-order valence-electron chi connectivity index (χ1n) is 4.06. The van der Waals surface area contributed by atoms with Gasteiger partial charge in [0.25, 0.3) is 15.9 Å². The van der Waals surface area contributed by atoms with Gasteiger partial charge in [-0.05, 0) is 13.8 Å². The molecule has 0 atom stereocenters. The molecule has 0 spiro atoms. The zero-order valence-electron chi connectivity index (χ0n) is 7.98. The fourth-order valence-corrected chi connectivity index (χ4v) is 2.72. The quantitative estimate of drug-likeness (QED) is 0.646. The number of carbonyl (C=O) groups is 2. The maximum absolute atomic E-state index is 11.4. The summed E-state index contributed by atoms with van der Waals surface area (Å²) in [5.74, 6) is -1.11. The van der Waals surface area contributed by atoms with E-state index in [0.717, 1.165) is 0 Å². The van der Waals surface area contributed by atoms with Gasteiger partial charge < -0.3 is 5.73 Å². The summed E-state index contributed by atoms with van der Waals surface area (Å²) < 4.78 is 22.2. The molecule has 6 nitrogen and oxygen atoms in total. The molecule has 0 aromatic heterocycles. The molecule has 0 aromatic carbocycles. The van der Waals surface area contributed by atoms with E-state index >= 15 is 0 Å². The second-order valence-electron chi connectivity index (χ2n) is 3.61. The molecule has 80 valence electrons. The molecule has 1 rings (SSSR count). The summed E-state index contributed by atoms with van der Waals surface area (Å²) in [7, 11) is -3.57. The number of nitrogens with zero attached hydrogens (tertiary/aromatic N) is 1. The van der Waals surface area contributed by atoms with Gasteiger partial charge in [0.05, 0.1) is 0 Å². The van der Waals surface area contributed by atoms with Crippen LogP contribution in [0.25, 0.3) is 0 Å². The van der Waals surface area contributed by atoms with E-state index in [2.05, 4.69) is 0 Å². The molecule has 1 aliphatic rings. The van der Waals surface area contributed by atoms with Crippen LogP contribution in [0, 0.1) is 0 Å². The Labute approximate surface area is 82.1 Å². The van der Waals surface area contributed by atoms with Gasteiger partial charge in [-0.25, -0.2) is 12.7 Å². The molecular weight excluding hydrogens is 208 g/mol. The lowest BCUT2D eigenvalue weighted by Crippen LogP contribution is -2.67. The van der Waals surface area contributed by atoms with Crippen LogP contribution in [0.3, 0.4) is 0 Å². The number of nitrogens with two attached hydrogens (primary N) is 1. The van der Waals surface area contributed by atoms with Crippen LogP contribution in [-0.4, -0.2) is 35.8 Å². The molecule has 0 radical (unpaired) electrons. The third-order valence-electron chi connectivity index (χ3n) is 2.24. The number of hydrogen-bond donors (Lipinski definition) is 1. The van der Waals surface area contributed by atoms with Crippen molar-refractivity contribution in [3.8, 4) is 0 Å². The van der Waals surface area contributed by atoms with Crippen LogP contribution < -0.4 is 5.73 Å². The van der Waals surface area contributed by atoms with E-state index in [1.807, 2.05) is 0 Å². The summed E-state index contributed by atoms with van der Waals surface area (Å²) >= 11 is 0. The van der Waals surface area contributed by atoms with Gasteiger partial charge in [0.2, 0.25) is 5.91 Å². The number of primary amides is 1. The highest BCUT2D eigenvalue weighted by Crippen LogP contribution is 2.34. The van der Waals surface area contributed by atoms with Crippen molar-refractivity contribution in [3.05, 3.63) is 0 Å². The van der Waals surface area contributed by atoms with E-state index in [4.69, 9.17) is 5.73 Å². The Morgan fingerprint density at radius 1 is 1.50 bits per heavy atom. The molecule has 0 saturated carbocycles. The number of sulfonamides is 1. The highest BCUT2D eigenvalue weighted by Gasteiger charge is 2.59. The van der Waals surface area contributed by atoms with E-state index in [1.165, 1.54) is 13.8 Å². The number of hydrogen-bond acceptors (Lipinski definition) is 4. The lowest BCUT2D eigenvalue weighted by atomic mass is 10.2.